The number of aromatic hydroxyl groups is 1. The van der Waals surface area contributed by atoms with Gasteiger partial charge < -0.3 is 28.5 Å². The summed E-state index contributed by atoms with van der Waals surface area (Å²) < 4.78 is 27.4. The third-order valence-corrected chi connectivity index (χ3v) is 6.40. The minimum Gasteiger partial charge on any atom is -0.507 e. The molecule has 0 spiro atoms. The van der Waals surface area contributed by atoms with Crippen molar-refractivity contribution in [2.75, 3.05) is 27.1 Å². The predicted molar refractivity (Wildman–Crippen MR) is 160 cm³/mol. The number of unbranched alkanes of at least 4 members (excludes halogenated alkanes) is 1. The maximum absolute atomic E-state index is 13.5. The highest BCUT2D eigenvalue weighted by atomic mass is 16.7. The molecular formula is C33H36O9. The summed E-state index contributed by atoms with van der Waals surface area (Å²) in [5.74, 6) is -1.04. The Morgan fingerprint density at radius 1 is 1.00 bits per heavy atom. The van der Waals surface area contributed by atoms with Crippen LogP contribution in [0.15, 0.2) is 71.4 Å². The van der Waals surface area contributed by atoms with Gasteiger partial charge in [0.05, 0.1) is 19.6 Å². The second-order valence-corrected chi connectivity index (χ2v) is 9.26. The van der Waals surface area contributed by atoms with Gasteiger partial charge in [-0.2, -0.15) is 0 Å². The molecule has 0 saturated carbocycles. The van der Waals surface area contributed by atoms with E-state index in [9.17, 15) is 19.5 Å². The summed E-state index contributed by atoms with van der Waals surface area (Å²) >= 11 is 0. The summed E-state index contributed by atoms with van der Waals surface area (Å²) in [6.45, 7) is 13.2. The van der Waals surface area contributed by atoms with Crippen LogP contribution >= 0.6 is 0 Å². The molecule has 9 heteroatoms. The van der Waals surface area contributed by atoms with Gasteiger partial charge in [-0.15, -0.1) is 19.7 Å². The number of esters is 2. The summed E-state index contributed by atoms with van der Waals surface area (Å²) in [5.41, 5.74) is 1.50. The quantitative estimate of drug-likeness (QED) is 0.0971. The number of hydrogen-bond donors (Lipinski definition) is 1. The lowest BCUT2D eigenvalue weighted by atomic mass is 9.90. The molecule has 0 unspecified atom stereocenters. The van der Waals surface area contributed by atoms with E-state index in [1.807, 2.05) is 0 Å². The molecule has 9 nitrogen and oxygen atoms in total. The van der Waals surface area contributed by atoms with Crippen LogP contribution < -0.4 is 10.2 Å². The van der Waals surface area contributed by atoms with Crippen molar-refractivity contribution < 1.29 is 38.1 Å². The molecule has 0 radical (unpaired) electrons. The topological polar surface area (TPSA) is 122 Å². The Morgan fingerprint density at radius 2 is 1.74 bits per heavy atom. The molecule has 0 saturated heterocycles. The van der Waals surface area contributed by atoms with Gasteiger partial charge in [0.25, 0.3) is 0 Å². The average Bonchev–Trinajstić information content (AvgIpc) is 2.97. The Kier molecular flexibility index (Phi) is 11.7. The van der Waals surface area contributed by atoms with Crippen molar-refractivity contribution in [1.29, 1.82) is 0 Å². The van der Waals surface area contributed by atoms with E-state index in [4.69, 9.17) is 23.4 Å². The normalized spacial score (nSPS) is 10.7. The lowest BCUT2D eigenvalue weighted by Crippen LogP contribution is -2.14. The van der Waals surface area contributed by atoms with E-state index < -0.39 is 17.4 Å². The second kappa shape index (κ2) is 15.4. The van der Waals surface area contributed by atoms with Crippen LogP contribution in [0.4, 0.5) is 0 Å². The molecule has 222 valence electrons. The molecule has 0 amide bonds. The molecule has 1 heterocycles. The number of benzene rings is 2. The van der Waals surface area contributed by atoms with Crippen molar-refractivity contribution in [1.82, 2.24) is 0 Å². The van der Waals surface area contributed by atoms with E-state index in [0.717, 1.165) is 0 Å². The second-order valence-electron chi connectivity index (χ2n) is 9.26. The molecule has 1 aromatic heterocycles. The zero-order valence-corrected chi connectivity index (χ0v) is 24.0. The van der Waals surface area contributed by atoms with Crippen LogP contribution in [0.5, 0.6) is 11.5 Å². The molecular weight excluding hydrogens is 540 g/mol. The molecule has 0 aliphatic carbocycles. The van der Waals surface area contributed by atoms with Crippen LogP contribution in [0.25, 0.3) is 22.3 Å². The van der Waals surface area contributed by atoms with Crippen molar-refractivity contribution >= 4 is 22.9 Å². The minimum absolute atomic E-state index is 0.0260. The molecule has 0 aliphatic heterocycles. The van der Waals surface area contributed by atoms with Crippen LogP contribution in [0.2, 0.25) is 0 Å². The number of phenolic OH excluding ortho intramolecular Hbond substituents is 1. The molecule has 0 bridgehead atoms. The lowest BCUT2D eigenvalue weighted by molar-refractivity contribution is -0.142. The number of methoxy groups -OCH3 is 1. The van der Waals surface area contributed by atoms with Gasteiger partial charge in [-0.05, 0) is 56.4 Å². The Balaban J connectivity index is 2.24. The van der Waals surface area contributed by atoms with E-state index in [-0.39, 0.29) is 73.1 Å². The summed E-state index contributed by atoms with van der Waals surface area (Å²) in [4.78, 5) is 39.0. The van der Waals surface area contributed by atoms with Crippen LogP contribution in [-0.4, -0.2) is 44.2 Å². The highest BCUT2D eigenvalue weighted by molar-refractivity contribution is 5.95. The Hall–Kier alpha value is -4.63. The van der Waals surface area contributed by atoms with Gasteiger partial charge in [-0.1, -0.05) is 18.2 Å². The van der Waals surface area contributed by atoms with E-state index >= 15 is 0 Å². The number of hydrogen-bond acceptors (Lipinski definition) is 9. The van der Waals surface area contributed by atoms with Crippen LogP contribution in [0, 0.1) is 0 Å². The standard InChI is InChI=1S/C33H36O9/c1-6-10-11-16-40-33(37)25-17-21(14-15-27(25)41-20-38-5)28-19-26(34)30-31(36)22(12-7-2)24(18-29(35)39-9-4)23(13-8-3)32(30)42-28/h6-8,14-15,17,19,36H,1-3,9-13,16,18,20H2,4-5H3. The predicted octanol–water partition coefficient (Wildman–Crippen LogP) is 5.83. The van der Waals surface area contributed by atoms with Gasteiger partial charge in [0.2, 0.25) is 0 Å². The van der Waals surface area contributed by atoms with Gasteiger partial charge in [0, 0.05) is 29.9 Å². The molecule has 1 N–H and O–H groups in total. The molecule has 2 aromatic carbocycles. The van der Waals surface area contributed by atoms with E-state index in [1.165, 1.54) is 19.2 Å². The monoisotopic (exact) mass is 576 g/mol. The fourth-order valence-corrected chi connectivity index (χ4v) is 4.54. The Morgan fingerprint density at radius 3 is 2.40 bits per heavy atom. The summed E-state index contributed by atoms with van der Waals surface area (Å²) in [6, 6.07) is 5.93. The zero-order chi connectivity index (χ0) is 30.6. The Labute approximate surface area is 244 Å². The van der Waals surface area contributed by atoms with Crippen LogP contribution in [0.3, 0.4) is 0 Å². The first-order valence-corrected chi connectivity index (χ1v) is 13.6. The zero-order valence-electron chi connectivity index (χ0n) is 24.0. The molecule has 3 rings (SSSR count). The highest BCUT2D eigenvalue weighted by Gasteiger charge is 2.25. The van der Waals surface area contributed by atoms with Crippen molar-refractivity contribution in [3.63, 3.8) is 0 Å². The van der Waals surface area contributed by atoms with Gasteiger partial charge >= 0.3 is 11.9 Å². The Bertz CT molecular complexity index is 1530. The number of phenols is 1. The maximum Gasteiger partial charge on any atom is 0.341 e. The van der Waals surface area contributed by atoms with Gasteiger partial charge in [0.15, 0.2) is 12.2 Å². The lowest BCUT2D eigenvalue weighted by Gasteiger charge is -2.18. The third kappa shape index (κ3) is 7.36. The number of carbonyl (C=O) groups is 2. The molecule has 0 fully saturated rings. The largest absolute Gasteiger partial charge is 0.507 e. The molecule has 3 aromatic rings. The SMILES string of the molecule is C=CCCCOC(=O)c1cc(-c2cc(=O)c3c(O)c(CC=C)c(CC(=O)OCC)c(CC=C)c3o2)ccc1OCOC. The number of fused-ring (bicyclic) bond motifs is 1. The van der Waals surface area contributed by atoms with Crippen molar-refractivity contribution in [3.05, 3.63) is 94.7 Å². The first kappa shape index (κ1) is 31.9. The first-order valence-electron chi connectivity index (χ1n) is 13.6. The number of carbonyl (C=O) groups excluding carboxylic acids is 2. The van der Waals surface area contributed by atoms with Crippen LogP contribution in [-0.2, 0) is 38.3 Å². The number of allylic oxidation sites excluding steroid dienone is 3. The maximum atomic E-state index is 13.5. The average molecular weight is 577 g/mol. The van der Waals surface area contributed by atoms with Gasteiger partial charge in [0.1, 0.15) is 33.8 Å². The van der Waals surface area contributed by atoms with E-state index in [0.29, 0.717) is 35.1 Å². The smallest absolute Gasteiger partial charge is 0.341 e. The highest BCUT2D eigenvalue weighted by Crippen LogP contribution is 2.38. The summed E-state index contributed by atoms with van der Waals surface area (Å²) in [7, 11) is 1.46. The molecule has 0 aliphatic rings. The van der Waals surface area contributed by atoms with Crippen molar-refractivity contribution in [2.24, 2.45) is 0 Å². The fourth-order valence-electron chi connectivity index (χ4n) is 4.54. The van der Waals surface area contributed by atoms with Gasteiger partial charge in [-0.25, -0.2) is 4.79 Å². The molecule has 0 atom stereocenters. The number of ether oxygens (including phenoxy) is 4. The van der Waals surface area contributed by atoms with Crippen molar-refractivity contribution in [2.45, 2.75) is 39.0 Å². The summed E-state index contributed by atoms with van der Waals surface area (Å²) in [5, 5.41) is 11.2. The van der Waals surface area contributed by atoms with Gasteiger partial charge in [-0.3, -0.25) is 9.59 Å². The fraction of sp³-hybridized carbons (Fsp3) is 0.303. The first-order chi connectivity index (χ1) is 20.3. The van der Waals surface area contributed by atoms with Crippen LogP contribution in [0.1, 0.15) is 46.8 Å². The molecule has 42 heavy (non-hydrogen) atoms. The van der Waals surface area contributed by atoms with E-state index in [1.54, 1.807) is 37.3 Å². The third-order valence-electron chi connectivity index (χ3n) is 6.40. The summed E-state index contributed by atoms with van der Waals surface area (Å²) in [6.07, 6.45) is 6.54. The number of rotatable bonds is 16. The minimum atomic E-state index is -0.620. The van der Waals surface area contributed by atoms with E-state index in [2.05, 4.69) is 19.7 Å². The van der Waals surface area contributed by atoms with Crippen molar-refractivity contribution in [3.8, 4) is 22.8 Å².